The van der Waals surface area contributed by atoms with Crippen molar-refractivity contribution < 1.29 is 65.9 Å². The molecular weight excluding hydrogens is 853 g/mol. The van der Waals surface area contributed by atoms with E-state index in [1.165, 1.54) is 39.8 Å². The molecule has 0 spiro atoms. The molecule has 2 aromatic carbocycles. The summed E-state index contributed by atoms with van der Waals surface area (Å²) in [4.78, 5) is 9.22. The normalized spacial score (nSPS) is 12.2. The van der Waals surface area contributed by atoms with Gasteiger partial charge in [-0.1, -0.05) is 35.4 Å². The number of rotatable bonds is 14. The second-order valence-corrected chi connectivity index (χ2v) is 14.4. The Morgan fingerprint density at radius 2 is 0.979 bits per heavy atom. The van der Waals surface area contributed by atoms with E-state index >= 15 is 8.78 Å². The van der Waals surface area contributed by atoms with Crippen LogP contribution in [0.15, 0.2) is 48.5 Å². The quantitative estimate of drug-likeness (QED) is 0.0713. The van der Waals surface area contributed by atoms with Crippen molar-refractivity contribution in [2.24, 2.45) is 0 Å². The van der Waals surface area contributed by atoms with Crippen LogP contribution in [-0.4, -0.2) is 36.4 Å². The third-order valence-corrected chi connectivity index (χ3v) is 11.3. The van der Waals surface area contributed by atoms with Gasteiger partial charge in [-0.15, -0.1) is 24.3 Å². The number of aromatic nitrogens is 2. The van der Waals surface area contributed by atoms with Crippen LogP contribution in [-0.2, 0) is 53.7 Å². The van der Waals surface area contributed by atoms with E-state index < -0.39 is 54.5 Å². The molecule has 0 aliphatic heterocycles. The maximum atomic E-state index is 15.9. The minimum Gasteiger partial charge on any atom is -0.306 e. The van der Waals surface area contributed by atoms with Crippen molar-refractivity contribution in [1.82, 2.24) is 9.97 Å². The first-order valence-corrected chi connectivity index (χ1v) is 17.9. The summed E-state index contributed by atoms with van der Waals surface area (Å²) in [5, 5.41) is -1.68. The van der Waals surface area contributed by atoms with Crippen LogP contribution in [0.5, 0.6) is 0 Å². The predicted molar refractivity (Wildman–Crippen MR) is 170 cm³/mol. The van der Waals surface area contributed by atoms with Crippen molar-refractivity contribution in [3.63, 3.8) is 0 Å². The fraction of sp³-hybridized carbons (Fsp3) is 0.333. The summed E-state index contributed by atoms with van der Waals surface area (Å²) in [7, 11) is -8.70. The Hall–Kier alpha value is -2.55. The Kier molecular flexibility index (Phi) is 13.7. The van der Waals surface area contributed by atoms with Crippen LogP contribution in [0.25, 0.3) is 22.5 Å². The Bertz CT molecular complexity index is 1710. The topological polar surface area (TPSA) is 96.8 Å². The molecule has 0 aliphatic rings. The number of halogens is 4. The zero-order chi connectivity index (χ0) is 34.6. The van der Waals surface area contributed by atoms with Gasteiger partial charge in [0.05, 0.1) is 60.3 Å². The average Bonchev–Trinajstić information content (AvgIpc) is 3.02. The molecule has 260 valence electrons. The van der Waals surface area contributed by atoms with E-state index in [0.29, 0.717) is 11.4 Å². The maximum absolute atomic E-state index is 15.9. The second kappa shape index (κ2) is 16.4. The molecular formula is C33H34F4N2O6P2Pt. The van der Waals surface area contributed by atoms with Gasteiger partial charge in [-0.2, -0.15) is 0 Å². The van der Waals surface area contributed by atoms with Crippen molar-refractivity contribution >= 4 is 25.8 Å². The average molecular weight is 888 g/mol. The molecule has 2 heterocycles. The predicted octanol–water partition coefficient (Wildman–Crippen LogP) is 8.07. The van der Waals surface area contributed by atoms with Gasteiger partial charge in [-0.25, -0.2) is 0 Å². The summed E-state index contributed by atoms with van der Waals surface area (Å²) < 4.78 is 109. The number of nitrogens with zero attached hydrogens (tertiary/aromatic N) is 2. The Labute approximate surface area is 291 Å². The van der Waals surface area contributed by atoms with Crippen molar-refractivity contribution in [3.8, 4) is 22.5 Å². The third-order valence-electron chi connectivity index (χ3n) is 7.03. The van der Waals surface area contributed by atoms with Gasteiger partial charge in [0.2, 0.25) is 0 Å². The summed E-state index contributed by atoms with van der Waals surface area (Å²) in [6.45, 7) is 9.18. The first kappa shape index (κ1) is 39.9. The van der Waals surface area contributed by atoms with Crippen LogP contribution in [0, 0.1) is 35.4 Å². The summed E-state index contributed by atoms with van der Waals surface area (Å²) in [5.74, 6) is -4.65. The maximum Gasteiger partial charge on any atom is 2.00 e. The van der Waals surface area contributed by atoms with E-state index in [-0.39, 0.29) is 70.0 Å². The Balaban J connectivity index is 0.00000625. The molecule has 0 saturated heterocycles. The molecule has 0 radical (unpaired) electrons. The molecule has 4 aromatic rings. The molecule has 0 amide bonds. The molecule has 8 nitrogen and oxygen atoms in total. The van der Waals surface area contributed by atoms with Gasteiger partial charge in [-0.05, 0) is 65.1 Å². The van der Waals surface area contributed by atoms with Crippen LogP contribution >= 0.6 is 15.2 Å². The Morgan fingerprint density at radius 3 is 1.29 bits per heavy atom. The van der Waals surface area contributed by atoms with Crippen molar-refractivity contribution in [1.29, 1.82) is 0 Å². The first-order chi connectivity index (χ1) is 22.3. The van der Waals surface area contributed by atoms with Crippen LogP contribution in [0.3, 0.4) is 0 Å². The van der Waals surface area contributed by atoms with Gasteiger partial charge in [0.25, 0.3) is 0 Å². The van der Waals surface area contributed by atoms with Crippen molar-refractivity contribution in [2.75, 3.05) is 26.4 Å². The van der Waals surface area contributed by atoms with E-state index in [4.69, 9.17) is 18.1 Å². The third kappa shape index (κ3) is 7.92. The largest absolute Gasteiger partial charge is 2.00 e. The molecule has 2 aromatic heterocycles. The molecule has 4 rings (SSSR count). The monoisotopic (exact) mass is 887 g/mol. The Morgan fingerprint density at radius 1 is 0.646 bits per heavy atom. The number of hydrogen-bond acceptors (Lipinski definition) is 8. The molecule has 0 bridgehead atoms. The van der Waals surface area contributed by atoms with E-state index in [1.54, 1.807) is 38.1 Å². The molecule has 0 aliphatic carbocycles. The standard InChI is InChI=1S/C33H34F4N2O6P2.Pt/c1-7-42-46(40,43-8-2)31-23(34)19-17-21(29(31)36)25-13-11-15-27(38-25)33(5,6)28-16-12-14-26(39-28)22-18-20-24(35)32(30(22)37)47(41,44-9-3)45-10-4;/h11-16,19-20H,7-10H2,1-6H3;/q-2;+2. The van der Waals surface area contributed by atoms with Gasteiger partial charge < -0.3 is 28.1 Å². The smallest absolute Gasteiger partial charge is 0.306 e. The molecule has 48 heavy (non-hydrogen) atoms. The van der Waals surface area contributed by atoms with Gasteiger partial charge >= 0.3 is 36.3 Å². The van der Waals surface area contributed by atoms with Crippen molar-refractivity contribution in [2.45, 2.75) is 47.0 Å². The van der Waals surface area contributed by atoms with Crippen LogP contribution in [0.1, 0.15) is 52.9 Å². The zero-order valence-corrected chi connectivity index (χ0v) is 31.1. The van der Waals surface area contributed by atoms with Gasteiger partial charge in [0, 0.05) is 16.8 Å². The molecule has 0 unspecified atom stereocenters. The minimum absolute atomic E-state index is 0. The molecule has 0 atom stereocenters. The van der Waals surface area contributed by atoms with E-state index in [2.05, 4.69) is 22.1 Å². The number of benzene rings is 2. The molecule has 0 fully saturated rings. The summed E-state index contributed by atoms with van der Waals surface area (Å²) in [5.41, 5.74) is -0.643. The van der Waals surface area contributed by atoms with Gasteiger partial charge in [0.1, 0.15) is 0 Å². The van der Waals surface area contributed by atoms with Gasteiger partial charge in [-0.3, -0.25) is 26.7 Å². The fourth-order valence-corrected chi connectivity index (χ4v) is 8.23. The molecule has 15 heteroatoms. The van der Waals surface area contributed by atoms with E-state index in [9.17, 15) is 17.9 Å². The summed E-state index contributed by atoms with van der Waals surface area (Å²) >= 11 is 0. The van der Waals surface area contributed by atoms with Crippen LogP contribution in [0.2, 0.25) is 0 Å². The zero-order valence-electron chi connectivity index (χ0n) is 27.0. The second-order valence-electron chi connectivity index (χ2n) is 10.5. The first-order valence-electron chi connectivity index (χ1n) is 14.8. The van der Waals surface area contributed by atoms with Gasteiger partial charge in [0.15, 0.2) is 0 Å². The fourth-order valence-electron chi connectivity index (χ4n) is 4.84. The van der Waals surface area contributed by atoms with E-state index in [1.807, 2.05) is 0 Å². The van der Waals surface area contributed by atoms with Crippen LogP contribution in [0.4, 0.5) is 17.6 Å². The summed E-state index contributed by atoms with van der Waals surface area (Å²) in [6.07, 6.45) is 0. The SMILES string of the molecule is CCOP(=O)(OCC)c1c(F)c[c-]c(-c2cccc(C(C)(C)c3cccc(-c4[c-]cc(F)c(P(=O)(OCC)OCC)c4F)n3)n2)c1F.[Pt+2]. The summed E-state index contributed by atoms with van der Waals surface area (Å²) in [6, 6.07) is 16.2. The molecule has 0 saturated carbocycles. The van der Waals surface area contributed by atoms with Crippen molar-refractivity contribution in [3.05, 3.63) is 95.3 Å². The molecule has 0 N–H and O–H groups in total. The van der Waals surface area contributed by atoms with Crippen LogP contribution < -0.4 is 10.6 Å². The minimum atomic E-state index is -4.35. The number of hydrogen-bond donors (Lipinski definition) is 0. The van der Waals surface area contributed by atoms with E-state index in [0.717, 1.165) is 12.1 Å². The number of pyridine rings is 2.